The summed E-state index contributed by atoms with van der Waals surface area (Å²) in [5.41, 5.74) is 0. The Bertz CT molecular complexity index is 79.2. The van der Waals surface area contributed by atoms with Gasteiger partial charge in [0, 0.05) is 0 Å². The number of rotatable bonds is 0. The van der Waals surface area contributed by atoms with Crippen LogP contribution in [0.25, 0.3) is 0 Å². The van der Waals surface area contributed by atoms with Gasteiger partial charge in [0.2, 0.25) is 0 Å². The van der Waals surface area contributed by atoms with Crippen molar-refractivity contribution < 1.29 is 23.4 Å². The number of hydrogen-bond acceptors (Lipinski definition) is 0. The van der Waals surface area contributed by atoms with Crippen molar-refractivity contribution in [1.82, 2.24) is 0 Å². The molecular formula is H2B2OTa. The minimum absolute atomic E-state index is 0. The van der Waals surface area contributed by atoms with Crippen molar-refractivity contribution in [2.45, 2.75) is 0 Å². The molecule has 0 aromatic carbocycles. The van der Waals surface area contributed by atoms with Crippen molar-refractivity contribution in [3.05, 3.63) is 0 Å². The fourth-order valence-corrected chi connectivity index (χ4v) is 0. The summed E-state index contributed by atoms with van der Waals surface area (Å²) in [5.74, 6) is 0. The summed E-state index contributed by atoms with van der Waals surface area (Å²) in [6, 6.07) is 0. The van der Waals surface area contributed by atoms with Crippen molar-refractivity contribution in [2.75, 3.05) is 0 Å². The van der Waals surface area contributed by atoms with Gasteiger partial charge >= 0.3 is 28.5 Å². The minimum atomic E-state index is -0.833. The molecule has 0 heterocycles. The average molecular weight is 221 g/mol. The van der Waals surface area contributed by atoms with Gasteiger partial charge < -0.3 is 5.48 Å². The van der Waals surface area contributed by atoms with Crippen molar-refractivity contribution in [3.63, 3.8) is 0 Å². The van der Waals surface area contributed by atoms with Crippen LogP contribution in [0.4, 0.5) is 0 Å². The Morgan fingerprint density at radius 1 is 1.25 bits per heavy atom. The van der Waals surface area contributed by atoms with Gasteiger partial charge in [-0.15, -0.1) is 0 Å². The van der Waals surface area contributed by atoms with Crippen molar-refractivity contribution in [3.8, 4) is 0 Å². The molecule has 0 amide bonds. The Morgan fingerprint density at radius 3 is 1.25 bits per heavy atom. The van der Waals surface area contributed by atoms with Gasteiger partial charge in [-0.25, -0.2) is 0 Å². The zero-order valence-corrected chi connectivity index (χ0v) is 5.32. The van der Waals surface area contributed by atoms with Crippen LogP contribution in [0, 0.1) is 0 Å². The molecule has 0 aliphatic heterocycles. The van der Waals surface area contributed by atoms with Crippen molar-refractivity contribution in [2.24, 2.45) is 0 Å². The summed E-state index contributed by atoms with van der Waals surface area (Å²) >= 11 is -0.833. The second-order valence-corrected chi connectivity index (χ2v) is 1.22. The Morgan fingerprint density at radius 2 is 1.25 bits per heavy atom. The molecule has 0 rings (SSSR count). The molecule has 0 bridgehead atoms. The first kappa shape index (κ1) is 8.85. The van der Waals surface area contributed by atoms with Crippen LogP contribution >= 0.6 is 0 Å². The van der Waals surface area contributed by atoms with E-state index in [1.165, 1.54) is 0 Å². The monoisotopic (exact) mass is 221 g/mol. The number of hydrogen-bond donors (Lipinski definition) is 0. The molecule has 19 valence electrons. The van der Waals surface area contributed by atoms with Crippen LogP contribution in [0.5, 0.6) is 0 Å². The van der Waals surface area contributed by atoms with Gasteiger partial charge in [0.1, 0.15) is 0 Å². The van der Waals surface area contributed by atoms with E-state index in [1.807, 2.05) is 0 Å². The molecule has 0 unspecified atom stereocenters. The van der Waals surface area contributed by atoms with E-state index in [1.54, 1.807) is 0 Å². The molecule has 4 heavy (non-hydrogen) atoms. The second kappa shape index (κ2) is 9.16. The molecule has 0 aromatic heterocycles. The van der Waals surface area contributed by atoms with E-state index in [4.69, 9.17) is 10.6 Å². The zero-order valence-electron chi connectivity index (χ0n) is 2.10. The molecule has 0 aromatic rings. The van der Waals surface area contributed by atoms with E-state index in [0.29, 0.717) is 0 Å². The molecule has 0 saturated carbocycles. The maximum absolute atomic E-state index is 4.81. The quantitative estimate of drug-likeness (QED) is 0.441. The Kier molecular flexibility index (Phi) is 20.3. The summed E-state index contributed by atoms with van der Waals surface area (Å²) in [6.07, 6.45) is 0. The van der Waals surface area contributed by atoms with E-state index < -0.39 is 17.9 Å². The van der Waals surface area contributed by atoms with Crippen LogP contribution in [0.2, 0.25) is 0 Å². The van der Waals surface area contributed by atoms with E-state index in [-0.39, 0.29) is 5.48 Å². The molecule has 0 aliphatic rings. The van der Waals surface area contributed by atoms with Crippen LogP contribution in [0.1, 0.15) is 0 Å². The molecule has 0 radical (unpaired) electrons. The molecule has 0 saturated heterocycles. The van der Waals surface area contributed by atoms with Crippen molar-refractivity contribution in [1.29, 1.82) is 0 Å². The van der Waals surface area contributed by atoms with Gasteiger partial charge in [0.05, 0.1) is 0 Å². The van der Waals surface area contributed by atoms with E-state index in [2.05, 4.69) is 0 Å². The third kappa shape index (κ3) is 13.8. The average Bonchev–Trinajstić information content (AvgIpc) is 0.918. The third-order valence-electron chi connectivity index (χ3n) is 0. The maximum atomic E-state index is 4.81. The van der Waals surface area contributed by atoms with Crippen LogP contribution in [-0.2, 0) is 17.9 Å². The predicted molar refractivity (Wildman–Crippen MR) is 15.1 cm³/mol. The summed E-state index contributed by atoms with van der Waals surface area (Å²) in [4.78, 5) is 0. The predicted octanol–water partition coefficient (Wildman–Crippen LogP) is -1.59. The Balaban J connectivity index is 0. The zero-order chi connectivity index (χ0) is 2.71. The first-order chi connectivity index (χ1) is 1.41. The summed E-state index contributed by atoms with van der Waals surface area (Å²) in [7, 11) is 0. The van der Waals surface area contributed by atoms with Gasteiger partial charge in [-0.2, -0.15) is 0 Å². The van der Waals surface area contributed by atoms with E-state index in [0.717, 1.165) is 0 Å². The van der Waals surface area contributed by atoms with Crippen LogP contribution in [-0.4, -0.2) is 16.0 Å². The molecule has 4 heteroatoms. The molecule has 1 nitrogen and oxygen atoms in total. The van der Waals surface area contributed by atoms with Crippen LogP contribution in [0.15, 0.2) is 0 Å². The van der Waals surface area contributed by atoms with Gasteiger partial charge in [-0.1, -0.05) is 0 Å². The second-order valence-electron chi connectivity index (χ2n) is 0.149. The van der Waals surface area contributed by atoms with Crippen LogP contribution < -0.4 is 0 Å². The van der Waals surface area contributed by atoms with E-state index in [9.17, 15) is 0 Å². The van der Waals surface area contributed by atoms with E-state index >= 15 is 0 Å². The van der Waals surface area contributed by atoms with Crippen LogP contribution in [0.3, 0.4) is 0 Å². The fraction of sp³-hybridized carbons (Fsp3) is 0. The summed E-state index contributed by atoms with van der Waals surface area (Å²) in [6.45, 7) is 0. The molecule has 0 fully saturated rings. The first-order valence-corrected chi connectivity index (χ1v) is 4.23. The SMILES string of the molecule is O.[B]#[Ta]#[B]. The molecule has 0 atom stereocenters. The summed E-state index contributed by atoms with van der Waals surface area (Å²) < 4.78 is 0. The van der Waals surface area contributed by atoms with Gasteiger partial charge in [-0.05, 0) is 0 Å². The summed E-state index contributed by atoms with van der Waals surface area (Å²) in [5, 5.41) is 9.61. The van der Waals surface area contributed by atoms with Gasteiger partial charge in [-0.3, -0.25) is 0 Å². The molecule has 2 N–H and O–H groups in total. The third-order valence-corrected chi connectivity index (χ3v) is 0. The molecular weight excluding hydrogens is 219 g/mol. The molecule has 0 spiro atoms. The Hall–Kier alpha value is 0.830. The van der Waals surface area contributed by atoms with Gasteiger partial charge in [0.15, 0.2) is 0 Å². The normalized spacial score (nSPS) is 3.00. The fourth-order valence-electron chi connectivity index (χ4n) is 0. The Labute approximate surface area is 34.4 Å². The standard InChI is InChI=1S/2B.H2O.Ta/h;;1H2;. The molecule has 0 aliphatic carbocycles. The van der Waals surface area contributed by atoms with Crippen molar-refractivity contribution >= 4 is 10.6 Å². The first-order valence-electron chi connectivity index (χ1n) is 0.516. The van der Waals surface area contributed by atoms with Gasteiger partial charge in [0.25, 0.3) is 0 Å². The topological polar surface area (TPSA) is 31.5 Å².